The molecule has 3 aromatic heterocycles. The van der Waals surface area contributed by atoms with Crippen molar-refractivity contribution >= 4 is 44.2 Å². The van der Waals surface area contributed by atoms with Gasteiger partial charge in [0.15, 0.2) is 0 Å². The van der Waals surface area contributed by atoms with E-state index in [1.54, 1.807) is 35.5 Å². The number of hydrogen-bond donors (Lipinski definition) is 1. The Morgan fingerprint density at radius 1 is 0.964 bits per heavy atom. The molecule has 3 heterocycles. The van der Waals surface area contributed by atoms with E-state index in [1.165, 1.54) is 5.56 Å². The third-order valence-corrected chi connectivity index (χ3v) is 6.47. The van der Waals surface area contributed by atoms with E-state index in [9.17, 15) is 4.79 Å². The number of thioether (sulfide) groups is 1. The van der Waals surface area contributed by atoms with Gasteiger partial charge in [-0.3, -0.25) is 4.79 Å². The summed E-state index contributed by atoms with van der Waals surface area (Å²) in [5.74, 6) is 1.17. The lowest BCUT2D eigenvalue weighted by molar-refractivity contribution is 1.03. The molecule has 1 N–H and O–H groups in total. The number of aromatic nitrogens is 4. The maximum Gasteiger partial charge on any atom is 0.258 e. The van der Waals surface area contributed by atoms with Crippen molar-refractivity contribution in [3.63, 3.8) is 0 Å². The van der Waals surface area contributed by atoms with Crippen LogP contribution in [0.2, 0.25) is 0 Å². The Balaban J connectivity index is 1.47. The number of benzene rings is 2. The van der Waals surface area contributed by atoms with Crippen LogP contribution in [-0.4, -0.2) is 19.9 Å². The van der Waals surface area contributed by atoms with Gasteiger partial charge in [0.1, 0.15) is 22.0 Å². The molecule has 28 heavy (non-hydrogen) atoms. The summed E-state index contributed by atoms with van der Waals surface area (Å²) in [5, 5.41) is 2.52. The van der Waals surface area contributed by atoms with Crippen LogP contribution >= 0.6 is 23.1 Å². The van der Waals surface area contributed by atoms with Gasteiger partial charge in [0.05, 0.1) is 16.7 Å². The molecule has 7 heteroatoms. The van der Waals surface area contributed by atoms with Gasteiger partial charge in [0.25, 0.3) is 5.56 Å². The number of aromatic amines is 1. The molecular weight excluding hydrogens is 388 g/mol. The highest BCUT2D eigenvalue weighted by Crippen LogP contribution is 2.36. The third-order valence-electron chi connectivity index (χ3n) is 4.36. The number of hydrogen-bond acceptors (Lipinski definition) is 6. The van der Waals surface area contributed by atoms with E-state index in [2.05, 4.69) is 38.1 Å². The number of H-pyrrole nitrogens is 1. The predicted octanol–water partition coefficient (Wildman–Crippen LogP) is 4.89. The number of thiophene rings is 1. The lowest BCUT2D eigenvalue weighted by atomic mass is 10.2. The van der Waals surface area contributed by atoms with Crippen LogP contribution < -0.4 is 5.56 Å². The van der Waals surface area contributed by atoms with Gasteiger partial charge in [-0.2, -0.15) is 0 Å². The first-order valence-electron chi connectivity index (χ1n) is 8.68. The summed E-state index contributed by atoms with van der Waals surface area (Å²) in [5.41, 5.74) is 1.76. The van der Waals surface area contributed by atoms with Crippen molar-refractivity contribution in [3.8, 4) is 10.4 Å². The SMILES string of the molecule is O=c1[nH]c(CSc2ncnc3sc(-c4ccccc4)cc23)nc2ccccc12. The van der Waals surface area contributed by atoms with Crippen LogP contribution in [0.15, 0.2) is 76.8 Å². The minimum atomic E-state index is -0.115. The lowest BCUT2D eigenvalue weighted by Crippen LogP contribution is -2.11. The smallest absolute Gasteiger partial charge is 0.258 e. The monoisotopic (exact) mass is 402 g/mol. The molecule has 0 spiro atoms. The van der Waals surface area contributed by atoms with Crippen LogP contribution in [0.3, 0.4) is 0 Å². The first-order valence-corrected chi connectivity index (χ1v) is 10.5. The number of nitrogens with zero attached hydrogens (tertiary/aromatic N) is 3. The molecule has 0 aliphatic carbocycles. The predicted molar refractivity (Wildman–Crippen MR) is 115 cm³/mol. The maximum absolute atomic E-state index is 12.3. The van der Waals surface area contributed by atoms with Gasteiger partial charge in [0, 0.05) is 10.3 Å². The second-order valence-electron chi connectivity index (χ2n) is 6.19. The number of rotatable bonds is 4. The zero-order valence-electron chi connectivity index (χ0n) is 14.6. The van der Waals surface area contributed by atoms with Crippen molar-refractivity contribution in [2.24, 2.45) is 0 Å². The zero-order chi connectivity index (χ0) is 18.9. The van der Waals surface area contributed by atoms with Crippen molar-refractivity contribution < 1.29 is 0 Å². The molecule has 0 aliphatic heterocycles. The van der Waals surface area contributed by atoms with E-state index in [1.807, 2.05) is 36.4 Å². The molecule has 0 radical (unpaired) electrons. The van der Waals surface area contributed by atoms with Crippen molar-refractivity contribution in [2.45, 2.75) is 10.8 Å². The Labute approximate surface area is 168 Å². The normalized spacial score (nSPS) is 11.3. The largest absolute Gasteiger partial charge is 0.309 e. The van der Waals surface area contributed by atoms with Crippen molar-refractivity contribution in [2.75, 3.05) is 0 Å². The molecule has 5 nitrogen and oxygen atoms in total. The van der Waals surface area contributed by atoms with E-state index in [-0.39, 0.29) is 5.56 Å². The molecule has 0 fully saturated rings. The van der Waals surface area contributed by atoms with Gasteiger partial charge in [0.2, 0.25) is 0 Å². The fraction of sp³-hybridized carbons (Fsp3) is 0.0476. The molecule has 0 saturated carbocycles. The Morgan fingerprint density at radius 2 is 1.79 bits per heavy atom. The van der Waals surface area contributed by atoms with Gasteiger partial charge < -0.3 is 4.98 Å². The quantitative estimate of drug-likeness (QED) is 0.342. The molecule has 5 rings (SSSR count). The lowest BCUT2D eigenvalue weighted by Gasteiger charge is -2.03. The summed E-state index contributed by atoms with van der Waals surface area (Å²) < 4.78 is 0. The Bertz CT molecular complexity index is 1350. The molecular formula is C21H14N4OS2. The molecule has 0 amide bonds. The summed E-state index contributed by atoms with van der Waals surface area (Å²) in [4.78, 5) is 30.7. The molecule has 0 aliphatic rings. The fourth-order valence-corrected chi connectivity index (χ4v) is 4.95. The maximum atomic E-state index is 12.3. The van der Waals surface area contributed by atoms with E-state index >= 15 is 0 Å². The Kier molecular flexibility index (Phi) is 4.38. The second kappa shape index (κ2) is 7.18. The third kappa shape index (κ3) is 3.19. The number of fused-ring (bicyclic) bond motifs is 2. The summed E-state index contributed by atoms with van der Waals surface area (Å²) >= 11 is 3.20. The number of para-hydroxylation sites is 1. The first kappa shape index (κ1) is 17.1. The van der Waals surface area contributed by atoms with E-state index < -0.39 is 0 Å². The highest BCUT2D eigenvalue weighted by atomic mass is 32.2. The average Bonchev–Trinajstić information content (AvgIpc) is 3.18. The van der Waals surface area contributed by atoms with Gasteiger partial charge in [-0.1, -0.05) is 54.2 Å². The van der Waals surface area contributed by atoms with Gasteiger partial charge in [-0.15, -0.1) is 11.3 Å². The highest BCUT2D eigenvalue weighted by molar-refractivity contribution is 7.98. The molecule has 0 bridgehead atoms. The summed E-state index contributed by atoms with van der Waals surface area (Å²) in [6, 6.07) is 19.7. The molecule has 2 aromatic carbocycles. The van der Waals surface area contributed by atoms with Crippen LogP contribution in [0.5, 0.6) is 0 Å². The molecule has 0 saturated heterocycles. The molecule has 5 aromatic rings. The summed E-state index contributed by atoms with van der Waals surface area (Å²) in [6.45, 7) is 0. The van der Waals surface area contributed by atoms with Gasteiger partial charge in [-0.25, -0.2) is 15.0 Å². The zero-order valence-corrected chi connectivity index (χ0v) is 16.3. The second-order valence-corrected chi connectivity index (χ2v) is 8.19. The topological polar surface area (TPSA) is 71.5 Å². The van der Waals surface area contributed by atoms with Crippen molar-refractivity contribution in [3.05, 3.63) is 83.2 Å². The Hall–Kier alpha value is -3.03. The van der Waals surface area contributed by atoms with E-state index in [0.717, 1.165) is 20.1 Å². The van der Waals surface area contributed by atoms with Crippen LogP contribution in [-0.2, 0) is 5.75 Å². The van der Waals surface area contributed by atoms with Crippen LogP contribution in [0.25, 0.3) is 31.6 Å². The van der Waals surface area contributed by atoms with Crippen LogP contribution in [0.4, 0.5) is 0 Å². The van der Waals surface area contributed by atoms with E-state index in [0.29, 0.717) is 22.5 Å². The molecule has 136 valence electrons. The fourth-order valence-electron chi connectivity index (χ4n) is 3.03. The Morgan fingerprint density at radius 3 is 2.68 bits per heavy atom. The average molecular weight is 403 g/mol. The van der Waals surface area contributed by atoms with Crippen molar-refractivity contribution in [1.29, 1.82) is 0 Å². The molecule has 0 unspecified atom stereocenters. The number of nitrogens with one attached hydrogen (secondary N) is 1. The highest BCUT2D eigenvalue weighted by Gasteiger charge is 2.12. The van der Waals surface area contributed by atoms with Crippen LogP contribution in [0, 0.1) is 0 Å². The summed E-state index contributed by atoms with van der Waals surface area (Å²) in [7, 11) is 0. The minimum Gasteiger partial charge on any atom is -0.309 e. The standard InChI is InChI=1S/C21H14N4OS2/c26-19-14-8-4-5-9-16(14)24-18(25-19)11-27-20-15-10-17(13-6-2-1-3-7-13)28-21(15)23-12-22-20/h1-10,12H,11H2,(H,24,25,26). The van der Waals surface area contributed by atoms with E-state index in [4.69, 9.17) is 0 Å². The van der Waals surface area contributed by atoms with Gasteiger partial charge in [-0.05, 0) is 23.8 Å². The minimum absolute atomic E-state index is 0.115. The molecule has 0 atom stereocenters. The van der Waals surface area contributed by atoms with Crippen LogP contribution in [0.1, 0.15) is 5.82 Å². The van der Waals surface area contributed by atoms with Crippen molar-refractivity contribution in [1.82, 2.24) is 19.9 Å². The van der Waals surface area contributed by atoms with Gasteiger partial charge >= 0.3 is 0 Å². The summed E-state index contributed by atoms with van der Waals surface area (Å²) in [6.07, 6.45) is 1.59. The first-order chi connectivity index (χ1) is 13.8.